The maximum absolute atomic E-state index is 11.7. The summed E-state index contributed by atoms with van der Waals surface area (Å²) >= 11 is 0. The second kappa shape index (κ2) is 6.40. The van der Waals surface area contributed by atoms with Crippen LogP contribution >= 0.6 is 0 Å². The minimum atomic E-state index is -1.09. The predicted molar refractivity (Wildman–Crippen MR) is 92.7 cm³/mol. The quantitative estimate of drug-likeness (QED) is 0.755. The third-order valence-corrected chi connectivity index (χ3v) is 4.74. The number of fused-ring (bicyclic) bond motifs is 1. The molecule has 4 rings (SSSR count). The van der Waals surface area contributed by atoms with Crippen molar-refractivity contribution in [3.05, 3.63) is 72.1 Å². The van der Waals surface area contributed by atoms with Crippen LogP contribution in [0.15, 0.2) is 60.9 Å². The van der Waals surface area contributed by atoms with Gasteiger partial charge >= 0.3 is 0 Å². The molecule has 2 N–H and O–H groups in total. The van der Waals surface area contributed by atoms with E-state index >= 15 is 0 Å². The molecule has 0 amide bonds. The topological polar surface area (TPSA) is 54.5 Å². The predicted octanol–water partition coefficient (Wildman–Crippen LogP) is 3.56. The first-order chi connectivity index (χ1) is 11.8. The number of rotatable bonds is 5. The molecule has 0 saturated carbocycles. The van der Waals surface area contributed by atoms with Crippen LogP contribution in [-0.4, -0.2) is 29.6 Å². The zero-order valence-electron chi connectivity index (χ0n) is 13.4. The molecule has 1 saturated heterocycles. The van der Waals surface area contributed by atoms with Gasteiger partial charge in [0.05, 0.1) is 13.2 Å². The summed E-state index contributed by atoms with van der Waals surface area (Å²) < 4.78 is 11.1. The number of aliphatic hydroxyl groups is 1. The third kappa shape index (κ3) is 2.73. The van der Waals surface area contributed by atoms with Crippen LogP contribution in [0.3, 0.4) is 0 Å². The molecule has 1 unspecified atom stereocenters. The van der Waals surface area contributed by atoms with Gasteiger partial charge in [-0.05, 0) is 28.8 Å². The maximum atomic E-state index is 11.7. The molecule has 1 fully saturated rings. The second-order valence-electron chi connectivity index (χ2n) is 6.20. The van der Waals surface area contributed by atoms with Crippen LogP contribution in [0, 0.1) is 0 Å². The van der Waals surface area contributed by atoms with Crippen LogP contribution < -0.4 is 0 Å². The Kier molecular flexibility index (Phi) is 4.10. The van der Waals surface area contributed by atoms with Gasteiger partial charge in [0.15, 0.2) is 6.29 Å². The van der Waals surface area contributed by atoms with Crippen molar-refractivity contribution in [1.29, 1.82) is 0 Å². The van der Waals surface area contributed by atoms with Crippen molar-refractivity contribution in [2.45, 2.75) is 24.7 Å². The van der Waals surface area contributed by atoms with E-state index in [-0.39, 0.29) is 6.29 Å². The molecule has 0 spiro atoms. The molecule has 0 radical (unpaired) electrons. The average molecular weight is 323 g/mol. The number of aromatic nitrogens is 1. The van der Waals surface area contributed by atoms with E-state index in [1.807, 2.05) is 42.7 Å². The van der Waals surface area contributed by atoms with Gasteiger partial charge < -0.3 is 19.6 Å². The Labute approximate surface area is 141 Å². The summed E-state index contributed by atoms with van der Waals surface area (Å²) in [5.41, 5.74) is 0.686. The molecular weight excluding hydrogens is 302 g/mol. The van der Waals surface area contributed by atoms with Crippen molar-refractivity contribution >= 4 is 10.8 Å². The SMILES string of the molecule is OC(CCC1OCCO1)(c1cc[nH]c1)c1cccc2ccccc12. The van der Waals surface area contributed by atoms with Gasteiger partial charge in [0, 0.05) is 24.4 Å². The van der Waals surface area contributed by atoms with E-state index in [9.17, 15) is 5.11 Å². The van der Waals surface area contributed by atoms with Gasteiger partial charge in [-0.3, -0.25) is 0 Å². The van der Waals surface area contributed by atoms with Gasteiger partial charge in [-0.25, -0.2) is 0 Å². The number of hydrogen-bond donors (Lipinski definition) is 2. The molecule has 124 valence electrons. The van der Waals surface area contributed by atoms with Crippen molar-refractivity contribution in [2.75, 3.05) is 13.2 Å². The van der Waals surface area contributed by atoms with Gasteiger partial charge in [0.2, 0.25) is 0 Å². The summed E-state index contributed by atoms with van der Waals surface area (Å²) in [4.78, 5) is 3.06. The monoisotopic (exact) mass is 323 g/mol. The van der Waals surface area contributed by atoms with Crippen LogP contribution in [0.5, 0.6) is 0 Å². The maximum Gasteiger partial charge on any atom is 0.157 e. The minimum Gasteiger partial charge on any atom is -0.380 e. The molecule has 2 aromatic carbocycles. The number of ether oxygens (including phenoxy) is 2. The zero-order chi connectivity index (χ0) is 16.4. The average Bonchev–Trinajstić information content (AvgIpc) is 3.33. The molecule has 4 heteroatoms. The van der Waals surface area contributed by atoms with E-state index in [1.165, 1.54) is 0 Å². The van der Waals surface area contributed by atoms with E-state index in [4.69, 9.17) is 9.47 Å². The summed E-state index contributed by atoms with van der Waals surface area (Å²) in [5, 5.41) is 13.9. The van der Waals surface area contributed by atoms with Crippen molar-refractivity contribution in [3.8, 4) is 0 Å². The molecule has 0 bridgehead atoms. The Bertz CT molecular complexity index is 803. The van der Waals surface area contributed by atoms with Crippen molar-refractivity contribution in [3.63, 3.8) is 0 Å². The molecule has 1 aliphatic heterocycles. The van der Waals surface area contributed by atoms with Gasteiger partial charge in [-0.15, -0.1) is 0 Å². The van der Waals surface area contributed by atoms with Crippen molar-refractivity contribution in [1.82, 2.24) is 4.98 Å². The number of nitrogens with one attached hydrogen (secondary N) is 1. The van der Waals surface area contributed by atoms with Crippen LogP contribution in [0.2, 0.25) is 0 Å². The van der Waals surface area contributed by atoms with E-state index in [0.717, 1.165) is 21.9 Å². The fourth-order valence-electron chi connectivity index (χ4n) is 3.50. The van der Waals surface area contributed by atoms with Crippen LogP contribution in [-0.2, 0) is 15.1 Å². The standard InChI is InChI=1S/C20H21NO3/c22-20(16-9-11-21-14-16,10-8-19-23-12-13-24-19)18-7-3-5-15-4-1-2-6-17(15)18/h1-7,9,11,14,19,21-22H,8,10,12-13H2. The Balaban J connectivity index is 1.76. The highest BCUT2D eigenvalue weighted by molar-refractivity contribution is 5.86. The Morgan fingerprint density at radius 1 is 1.04 bits per heavy atom. The first-order valence-electron chi connectivity index (χ1n) is 8.34. The minimum absolute atomic E-state index is 0.231. The smallest absolute Gasteiger partial charge is 0.157 e. The molecule has 2 heterocycles. The largest absolute Gasteiger partial charge is 0.380 e. The number of benzene rings is 2. The van der Waals surface area contributed by atoms with E-state index in [0.29, 0.717) is 26.1 Å². The van der Waals surface area contributed by atoms with Gasteiger partial charge in [0.25, 0.3) is 0 Å². The summed E-state index contributed by atoms with van der Waals surface area (Å²) in [7, 11) is 0. The lowest BCUT2D eigenvalue weighted by atomic mass is 9.81. The molecule has 3 aromatic rings. The first-order valence-corrected chi connectivity index (χ1v) is 8.34. The molecule has 24 heavy (non-hydrogen) atoms. The Morgan fingerprint density at radius 2 is 1.83 bits per heavy atom. The molecule has 1 aliphatic rings. The van der Waals surface area contributed by atoms with Crippen LogP contribution in [0.25, 0.3) is 10.8 Å². The highest BCUT2D eigenvalue weighted by Gasteiger charge is 2.34. The van der Waals surface area contributed by atoms with Crippen molar-refractivity contribution in [2.24, 2.45) is 0 Å². The second-order valence-corrected chi connectivity index (χ2v) is 6.20. The van der Waals surface area contributed by atoms with E-state index in [2.05, 4.69) is 23.2 Å². The fraction of sp³-hybridized carbons (Fsp3) is 0.300. The molecular formula is C20H21NO3. The fourth-order valence-corrected chi connectivity index (χ4v) is 3.50. The zero-order valence-corrected chi connectivity index (χ0v) is 13.4. The van der Waals surface area contributed by atoms with E-state index in [1.54, 1.807) is 0 Å². The molecule has 4 nitrogen and oxygen atoms in total. The molecule has 1 atom stereocenters. The highest BCUT2D eigenvalue weighted by Crippen LogP contribution is 2.38. The van der Waals surface area contributed by atoms with Gasteiger partial charge in [-0.1, -0.05) is 42.5 Å². The summed E-state index contributed by atoms with van der Waals surface area (Å²) in [5.74, 6) is 0. The Hall–Kier alpha value is -2.14. The Morgan fingerprint density at radius 3 is 2.62 bits per heavy atom. The van der Waals surface area contributed by atoms with Gasteiger partial charge in [-0.2, -0.15) is 0 Å². The third-order valence-electron chi connectivity index (χ3n) is 4.74. The molecule has 1 aromatic heterocycles. The van der Waals surface area contributed by atoms with Crippen LogP contribution in [0.4, 0.5) is 0 Å². The summed E-state index contributed by atoms with van der Waals surface area (Å²) in [6, 6.07) is 16.2. The van der Waals surface area contributed by atoms with E-state index < -0.39 is 5.60 Å². The summed E-state index contributed by atoms with van der Waals surface area (Å²) in [6.45, 7) is 1.25. The molecule has 0 aliphatic carbocycles. The lowest BCUT2D eigenvalue weighted by Gasteiger charge is -2.30. The first kappa shape index (κ1) is 15.4. The number of hydrogen-bond acceptors (Lipinski definition) is 3. The number of aromatic amines is 1. The lowest BCUT2D eigenvalue weighted by molar-refractivity contribution is -0.0619. The van der Waals surface area contributed by atoms with Crippen molar-refractivity contribution < 1.29 is 14.6 Å². The van der Waals surface area contributed by atoms with Gasteiger partial charge in [0.1, 0.15) is 5.60 Å². The summed E-state index contributed by atoms with van der Waals surface area (Å²) in [6.07, 6.45) is 4.64. The lowest BCUT2D eigenvalue weighted by Crippen LogP contribution is -2.29. The highest BCUT2D eigenvalue weighted by atomic mass is 16.7. The van der Waals surface area contributed by atoms with Crippen LogP contribution in [0.1, 0.15) is 24.0 Å². The normalized spacial score (nSPS) is 18.0. The number of H-pyrrole nitrogens is 1.